The van der Waals surface area contributed by atoms with Crippen molar-refractivity contribution in [3.63, 3.8) is 0 Å². The zero-order valence-electron chi connectivity index (χ0n) is 17.7. The molecule has 0 aliphatic rings. The molecule has 0 saturated carbocycles. The molecule has 0 heterocycles. The van der Waals surface area contributed by atoms with E-state index in [0.717, 1.165) is 0 Å². The zero-order chi connectivity index (χ0) is 21.9. The lowest BCUT2D eigenvalue weighted by atomic mass is 10.3. The van der Waals surface area contributed by atoms with Crippen LogP contribution in [0.4, 0.5) is 0 Å². The van der Waals surface area contributed by atoms with Crippen molar-refractivity contribution in [3.05, 3.63) is 18.0 Å². The maximum Gasteiger partial charge on any atom is 0.242 e. The van der Waals surface area contributed by atoms with Gasteiger partial charge in [0.15, 0.2) is 0 Å². The summed E-state index contributed by atoms with van der Waals surface area (Å²) in [6.45, 7) is 3.80. The first-order valence-corrected chi connectivity index (χ1v) is 8.74. The first-order valence-electron chi connectivity index (χ1n) is 8.74. The minimum atomic E-state index is -0.343. The molecule has 158 valence electrons. The monoisotopic (exact) mass is 396 g/mol. The van der Waals surface area contributed by atoms with Crippen molar-refractivity contribution in [2.45, 2.75) is 0 Å². The molecule has 0 spiro atoms. The van der Waals surface area contributed by atoms with Crippen LogP contribution in [0.3, 0.4) is 0 Å². The Morgan fingerprint density at radius 1 is 0.750 bits per heavy atom. The molecule has 0 aliphatic heterocycles. The van der Waals surface area contributed by atoms with Crippen LogP contribution in [0.5, 0.6) is 0 Å². The Balaban J connectivity index is 4.70. The Kier molecular flexibility index (Phi) is 11.3. The van der Waals surface area contributed by atoms with Crippen LogP contribution in [-0.2, 0) is 19.2 Å². The van der Waals surface area contributed by atoms with Crippen molar-refractivity contribution < 1.29 is 19.2 Å². The molecule has 0 unspecified atom stereocenters. The lowest BCUT2D eigenvalue weighted by Gasteiger charge is -2.27. The van der Waals surface area contributed by atoms with Crippen molar-refractivity contribution >= 4 is 23.6 Å². The topological polar surface area (TPSA) is 105 Å². The molecule has 28 heavy (non-hydrogen) atoms. The average Bonchev–Trinajstić information content (AvgIpc) is 2.65. The van der Waals surface area contributed by atoms with Gasteiger partial charge in [0.1, 0.15) is 0 Å². The van der Waals surface area contributed by atoms with Gasteiger partial charge in [0.25, 0.3) is 0 Å². The van der Waals surface area contributed by atoms with Crippen LogP contribution in [-0.4, -0.2) is 118 Å². The Labute approximate surface area is 166 Å². The van der Waals surface area contributed by atoms with E-state index in [-0.39, 0.29) is 56.4 Å². The highest BCUT2D eigenvalue weighted by molar-refractivity contribution is 5.88. The van der Waals surface area contributed by atoms with Gasteiger partial charge in [0.05, 0.1) is 38.4 Å². The second-order valence-corrected chi connectivity index (χ2v) is 6.43. The summed E-state index contributed by atoms with van der Waals surface area (Å²) in [6, 6.07) is 0. The Bertz CT molecular complexity index is 630. The second kappa shape index (κ2) is 12.5. The van der Waals surface area contributed by atoms with Gasteiger partial charge in [-0.1, -0.05) is 6.58 Å². The first-order chi connectivity index (χ1) is 13.1. The van der Waals surface area contributed by atoms with Crippen LogP contribution in [0.15, 0.2) is 18.0 Å². The standard InChI is InChI=1S/C18H32N6O4/c1-8-14(21(4)11-15(25)20-3)10-22(5)17(27)13-24(7)18(28)12-23(6)16(26)9-19-2/h19H,1,9-13H2,2-7H3,(H,20,25). The number of carbonyl (C=O) groups excluding carboxylic acids is 4. The molecule has 10 nitrogen and oxygen atoms in total. The normalized spacial score (nSPS) is 9.79. The molecule has 0 radical (unpaired) electrons. The molecule has 4 amide bonds. The summed E-state index contributed by atoms with van der Waals surface area (Å²) in [5.41, 5.74) is 3.31. The summed E-state index contributed by atoms with van der Waals surface area (Å²) < 4.78 is 0. The third-order valence-corrected chi connectivity index (χ3v) is 4.06. The van der Waals surface area contributed by atoms with Crippen LogP contribution in [0, 0.1) is 0 Å². The Hall–Kier alpha value is -2.84. The highest BCUT2D eigenvalue weighted by Crippen LogP contribution is 2.03. The number of rotatable bonds is 11. The van der Waals surface area contributed by atoms with E-state index in [1.165, 1.54) is 28.8 Å². The molecular formula is C18H32N6O4. The lowest BCUT2D eigenvalue weighted by molar-refractivity contribution is -0.141. The fraction of sp³-hybridized carbons (Fsp3) is 0.611. The molecule has 0 atom stereocenters. The summed E-state index contributed by atoms with van der Waals surface area (Å²) in [6.07, 6.45) is 0. The van der Waals surface area contributed by atoms with Crippen LogP contribution in [0.25, 0.3) is 0 Å². The highest BCUT2D eigenvalue weighted by Gasteiger charge is 2.20. The number of nitrogens with one attached hydrogen (secondary N) is 2. The quantitative estimate of drug-likeness (QED) is 0.389. The molecule has 0 rings (SSSR count). The lowest BCUT2D eigenvalue weighted by Crippen LogP contribution is -2.46. The number of hydrogen-bond donors (Lipinski definition) is 2. The van der Waals surface area contributed by atoms with Crippen molar-refractivity contribution in [1.29, 1.82) is 0 Å². The maximum absolute atomic E-state index is 12.4. The van der Waals surface area contributed by atoms with Gasteiger partial charge in [-0.25, -0.2) is 0 Å². The molecule has 0 fully saturated rings. The molecule has 0 saturated heterocycles. The third-order valence-electron chi connectivity index (χ3n) is 4.06. The first kappa shape index (κ1) is 25.2. The second-order valence-electron chi connectivity index (χ2n) is 6.43. The molecule has 0 aromatic rings. The van der Waals surface area contributed by atoms with E-state index in [4.69, 9.17) is 0 Å². The third kappa shape index (κ3) is 8.70. The predicted octanol–water partition coefficient (Wildman–Crippen LogP) is -2.07. The van der Waals surface area contributed by atoms with E-state index in [9.17, 15) is 19.2 Å². The van der Waals surface area contributed by atoms with Crippen LogP contribution < -0.4 is 10.6 Å². The van der Waals surface area contributed by atoms with Crippen LogP contribution in [0.2, 0.25) is 0 Å². The smallest absolute Gasteiger partial charge is 0.242 e. The van der Waals surface area contributed by atoms with E-state index in [1.807, 2.05) is 0 Å². The fourth-order valence-electron chi connectivity index (χ4n) is 2.12. The van der Waals surface area contributed by atoms with Gasteiger partial charge in [0, 0.05) is 35.2 Å². The summed E-state index contributed by atoms with van der Waals surface area (Å²) >= 11 is 0. The van der Waals surface area contributed by atoms with Gasteiger partial charge in [-0.05, 0) is 7.05 Å². The van der Waals surface area contributed by atoms with Crippen molar-refractivity contribution in [2.24, 2.45) is 0 Å². The SMILES string of the molecule is C=C=C(CN(C)C(=O)CN(C)C(=O)CN(C)C(=O)CNC)N(C)CC(=O)NC. The van der Waals surface area contributed by atoms with E-state index in [2.05, 4.69) is 22.9 Å². The Morgan fingerprint density at radius 2 is 1.21 bits per heavy atom. The van der Waals surface area contributed by atoms with Gasteiger partial charge in [-0.2, -0.15) is 0 Å². The molecular weight excluding hydrogens is 364 g/mol. The molecule has 10 heteroatoms. The van der Waals surface area contributed by atoms with Gasteiger partial charge >= 0.3 is 0 Å². The molecule has 0 bridgehead atoms. The van der Waals surface area contributed by atoms with Gasteiger partial charge in [-0.15, -0.1) is 5.73 Å². The van der Waals surface area contributed by atoms with E-state index in [0.29, 0.717) is 5.70 Å². The minimum absolute atomic E-state index is 0.110. The molecule has 2 N–H and O–H groups in total. The fourth-order valence-corrected chi connectivity index (χ4v) is 2.12. The average molecular weight is 396 g/mol. The number of nitrogens with zero attached hydrogens (tertiary/aromatic N) is 4. The van der Waals surface area contributed by atoms with Gasteiger partial charge in [0.2, 0.25) is 23.6 Å². The summed E-state index contributed by atoms with van der Waals surface area (Å²) in [5, 5.41) is 5.25. The van der Waals surface area contributed by atoms with E-state index >= 15 is 0 Å². The molecule has 0 aromatic heterocycles. The maximum atomic E-state index is 12.4. The van der Waals surface area contributed by atoms with Crippen molar-refractivity contribution in [1.82, 2.24) is 30.2 Å². The predicted molar refractivity (Wildman–Crippen MR) is 106 cm³/mol. The number of carbonyl (C=O) groups is 4. The number of likely N-dealkylation sites (N-methyl/N-ethyl adjacent to an activating group) is 6. The molecule has 0 aromatic carbocycles. The highest BCUT2D eigenvalue weighted by atomic mass is 16.2. The zero-order valence-corrected chi connectivity index (χ0v) is 17.7. The van der Waals surface area contributed by atoms with Crippen molar-refractivity contribution in [2.75, 3.05) is 75.0 Å². The van der Waals surface area contributed by atoms with E-state index in [1.54, 1.807) is 33.1 Å². The Morgan fingerprint density at radius 3 is 1.64 bits per heavy atom. The number of amides is 4. The van der Waals surface area contributed by atoms with Crippen LogP contribution >= 0.6 is 0 Å². The van der Waals surface area contributed by atoms with Gasteiger partial charge < -0.3 is 30.2 Å². The van der Waals surface area contributed by atoms with Crippen LogP contribution in [0.1, 0.15) is 0 Å². The number of hydrogen-bond acceptors (Lipinski definition) is 6. The summed E-state index contributed by atoms with van der Waals surface area (Å²) in [5.74, 6) is -1.02. The summed E-state index contributed by atoms with van der Waals surface area (Å²) in [4.78, 5) is 53.5. The molecule has 0 aliphatic carbocycles. The minimum Gasteiger partial charge on any atom is -0.361 e. The van der Waals surface area contributed by atoms with E-state index < -0.39 is 0 Å². The van der Waals surface area contributed by atoms with Crippen molar-refractivity contribution in [3.8, 4) is 0 Å². The largest absolute Gasteiger partial charge is 0.361 e. The van der Waals surface area contributed by atoms with Gasteiger partial charge in [-0.3, -0.25) is 19.2 Å². The summed E-state index contributed by atoms with van der Waals surface area (Å²) in [7, 11) is 9.52.